The molecule has 1 N–H and O–H groups in total. The van der Waals surface area contributed by atoms with Crippen molar-refractivity contribution in [3.05, 3.63) is 41.3 Å². The molecule has 2 unspecified atom stereocenters. The Labute approximate surface area is 106 Å². The Bertz CT molecular complexity index is 413. The van der Waals surface area contributed by atoms with Crippen molar-refractivity contribution in [2.45, 2.75) is 25.1 Å². The fourth-order valence-electron chi connectivity index (χ4n) is 1.98. The molecule has 2 nitrogen and oxygen atoms in total. The van der Waals surface area contributed by atoms with Gasteiger partial charge in [0, 0.05) is 10.9 Å². The van der Waals surface area contributed by atoms with E-state index in [1.54, 1.807) is 11.8 Å². The van der Waals surface area contributed by atoms with Gasteiger partial charge in [0.2, 0.25) is 0 Å². The third-order valence-corrected chi connectivity index (χ3v) is 4.43. The summed E-state index contributed by atoms with van der Waals surface area (Å²) in [6.07, 6.45) is 1.02. The van der Waals surface area contributed by atoms with Crippen molar-refractivity contribution in [1.82, 2.24) is 5.32 Å². The lowest BCUT2D eigenvalue weighted by Crippen LogP contribution is -2.43. The van der Waals surface area contributed by atoms with E-state index in [1.165, 1.54) is 0 Å². The van der Waals surface area contributed by atoms with Gasteiger partial charge < -0.3 is 10.1 Å². The second kappa shape index (κ2) is 5.41. The molecule has 1 heterocycles. The van der Waals surface area contributed by atoms with Crippen LogP contribution in [0.25, 0.3) is 5.70 Å². The van der Waals surface area contributed by atoms with Crippen LogP contribution in [0, 0.1) is 5.92 Å². The van der Waals surface area contributed by atoms with Crippen molar-refractivity contribution in [2.24, 2.45) is 5.92 Å². The average molecular weight is 247 g/mol. The summed E-state index contributed by atoms with van der Waals surface area (Å²) in [7, 11) is 0. The lowest BCUT2D eigenvalue weighted by atomic mass is 10.0. The maximum atomic E-state index is 11.1. The molecule has 0 aromatic heterocycles. The molecule has 0 aliphatic carbocycles. The zero-order chi connectivity index (χ0) is 12.3. The van der Waals surface area contributed by atoms with Crippen molar-refractivity contribution in [2.75, 3.05) is 0 Å². The highest BCUT2D eigenvalue weighted by Crippen LogP contribution is 2.31. The van der Waals surface area contributed by atoms with Gasteiger partial charge in [-0.25, -0.2) is 0 Å². The molecule has 0 bridgehead atoms. The first-order valence-corrected chi connectivity index (χ1v) is 6.79. The lowest BCUT2D eigenvalue weighted by molar-refractivity contribution is -0.109. The number of carbonyl (C=O) groups excluding carboxylic acids is 1. The number of carbonyl (C=O) groups is 1. The highest BCUT2D eigenvalue weighted by molar-refractivity contribution is 8.03. The van der Waals surface area contributed by atoms with Gasteiger partial charge >= 0.3 is 0 Å². The molecule has 2 rings (SSSR count). The van der Waals surface area contributed by atoms with Gasteiger partial charge in [-0.3, -0.25) is 0 Å². The number of benzene rings is 1. The molecule has 1 aromatic carbocycles. The van der Waals surface area contributed by atoms with Gasteiger partial charge in [0.05, 0.1) is 6.04 Å². The van der Waals surface area contributed by atoms with E-state index < -0.39 is 0 Å². The van der Waals surface area contributed by atoms with E-state index in [2.05, 4.69) is 36.7 Å². The van der Waals surface area contributed by atoms with Crippen LogP contribution in [0.5, 0.6) is 0 Å². The second-order valence-corrected chi connectivity index (χ2v) is 5.60. The maximum Gasteiger partial charge on any atom is 0.143 e. The van der Waals surface area contributed by atoms with E-state index in [9.17, 15) is 4.79 Å². The molecule has 0 radical (unpaired) electrons. The Kier molecular flexibility index (Phi) is 3.89. The Morgan fingerprint density at radius 2 is 2.00 bits per heavy atom. The maximum absolute atomic E-state index is 11.1. The third kappa shape index (κ3) is 2.72. The van der Waals surface area contributed by atoms with Gasteiger partial charge in [0.15, 0.2) is 0 Å². The van der Waals surface area contributed by atoms with Crippen LogP contribution in [-0.4, -0.2) is 17.6 Å². The Hall–Kier alpha value is -1.22. The van der Waals surface area contributed by atoms with Crippen LogP contribution in [0.2, 0.25) is 0 Å². The highest BCUT2D eigenvalue weighted by atomic mass is 32.2. The molecule has 0 saturated carbocycles. The first kappa shape index (κ1) is 12.2. The molecular weight excluding hydrogens is 230 g/mol. The summed E-state index contributed by atoms with van der Waals surface area (Å²) in [5, 5.41) is 5.77. The van der Waals surface area contributed by atoms with Crippen LogP contribution in [0.15, 0.2) is 35.7 Å². The van der Waals surface area contributed by atoms with E-state index in [-0.39, 0.29) is 6.04 Å². The molecule has 0 fully saturated rings. The number of rotatable bonds is 3. The van der Waals surface area contributed by atoms with Crippen LogP contribution in [0.3, 0.4) is 0 Å². The Morgan fingerprint density at radius 3 is 2.59 bits per heavy atom. The molecule has 1 aromatic rings. The van der Waals surface area contributed by atoms with Crippen LogP contribution in [-0.2, 0) is 4.79 Å². The van der Waals surface area contributed by atoms with E-state index in [0.29, 0.717) is 11.2 Å². The van der Waals surface area contributed by atoms with Crippen LogP contribution < -0.4 is 5.32 Å². The SMILES string of the molecule is CC(C)C1SC=C(c2ccccc2)NC1C=O. The largest absolute Gasteiger partial charge is 0.374 e. The first-order valence-electron chi connectivity index (χ1n) is 5.85. The minimum absolute atomic E-state index is 0.0970. The standard InChI is InChI=1S/C14H17NOS/c1-10(2)14-12(8-16)15-13(9-17-14)11-6-4-3-5-7-11/h3-10,12,14-15H,1-2H3. The fourth-order valence-corrected chi connectivity index (χ4v) is 3.09. The average Bonchev–Trinajstić information content (AvgIpc) is 2.39. The predicted molar refractivity (Wildman–Crippen MR) is 73.6 cm³/mol. The Balaban J connectivity index is 2.21. The molecule has 2 atom stereocenters. The number of hydrogen-bond donors (Lipinski definition) is 1. The molecule has 1 aliphatic rings. The van der Waals surface area contributed by atoms with Crippen molar-refractivity contribution in [3.63, 3.8) is 0 Å². The van der Waals surface area contributed by atoms with Gasteiger partial charge in [-0.1, -0.05) is 44.2 Å². The van der Waals surface area contributed by atoms with E-state index in [0.717, 1.165) is 17.5 Å². The number of hydrogen-bond acceptors (Lipinski definition) is 3. The van der Waals surface area contributed by atoms with Gasteiger partial charge in [-0.15, -0.1) is 11.8 Å². The minimum atomic E-state index is -0.0970. The van der Waals surface area contributed by atoms with Crippen molar-refractivity contribution >= 4 is 23.7 Å². The van der Waals surface area contributed by atoms with Gasteiger partial charge in [0.25, 0.3) is 0 Å². The lowest BCUT2D eigenvalue weighted by Gasteiger charge is -2.31. The summed E-state index contributed by atoms with van der Waals surface area (Å²) in [5.41, 5.74) is 2.18. The number of aldehydes is 1. The molecule has 0 spiro atoms. The van der Waals surface area contributed by atoms with Crippen molar-refractivity contribution in [3.8, 4) is 0 Å². The summed E-state index contributed by atoms with van der Waals surface area (Å²) >= 11 is 1.75. The molecule has 90 valence electrons. The minimum Gasteiger partial charge on any atom is -0.374 e. The van der Waals surface area contributed by atoms with E-state index >= 15 is 0 Å². The van der Waals surface area contributed by atoms with E-state index in [1.807, 2.05) is 18.2 Å². The summed E-state index contributed by atoms with van der Waals surface area (Å²) in [4.78, 5) is 11.1. The van der Waals surface area contributed by atoms with Gasteiger partial charge in [-0.05, 0) is 16.9 Å². The monoisotopic (exact) mass is 247 g/mol. The van der Waals surface area contributed by atoms with Crippen molar-refractivity contribution in [1.29, 1.82) is 0 Å². The molecule has 17 heavy (non-hydrogen) atoms. The van der Waals surface area contributed by atoms with Crippen LogP contribution in [0.4, 0.5) is 0 Å². The summed E-state index contributed by atoms with van der Waals surface area (Å²) in [5.74, 6) is 0.483. The zero-order valence-corrected chi connectivity index (χ0v) is 10.9. The molecule has 0 amide bonds. The molecule has 0 saturated heterocycles. The van der Waals surface area contributed by atoms with Gasteiger partial charge in [0.1, 0.15) is 6.29 Å². The third-order valence-electron chi connectivity index (χ3n) is 2.91. The first-order chi connectivity index (χ1) is 8.22. The van der Waals surface area contributed by atoms with E-state index in [4.69, 9.17) is 0 Å². The summed E-state index contributed by atoms with van der Waals surface area (Å²) < 4.78 is 0. The molecule has 1 aliphatic heterocycles. The van der Waals surface area contributed by atoms with Crippen LogP contribution in [0.1, 0.15) is 19.4 Å². The predicted octanol–water partition coefficient (Wildman–Crippen LogP) is 2.91. The summed E-state index contributed by atoms with van der Waals surface area (Å²) in [6, 6.07) is 10.0. The van der Waals surface area contributed by atoms with Crippen LogP contribution >= 0.6 is 11.8 Å². The summed E-state index contributed by atoms with van der Waals surface area (Å²) in [6.45, 7) is 4.30. The topological polar surface area (TPSA) is 29.1 Å². The molecule has 3 heteroatoms. The quantitative estimate of drug-likeness (QED) is 0.833. The Morgan fingerprint density at radius 1 is 1.29 bits per heavy atom. The molecular formula is C14H17NOS. The van der Waals surface area contributed by atoms with Gasteiger partial charge in [-0.2, -0.15) is 0 Å². The number of thioether (sulfide) groups is 1. The smallest absolute Gasteiger partial charge is 0.143 e. The zero-order valence-electron chi connectivity index (χ0n) is 10.1. The normalized spacial score (nSPS) is 24.1. The highest BCUT2D eigenvalue weighted by Gasteiger charge is 2.28. The second-order valence-electron chi connectivity index (χ2n) is 4.55. The van der Waals surface area contributed by atoms with Crippen molar-refractivity contribution < 1.29 is 4.79 Å². The fraction of sp³-hybridized carbons (Fsp3) is 0.357. The number of nitrogens with one attached hydrogen (secondary N) is 1.